The molecule has 0 aliphatic carbocycles. The van der Waals surface area contributed by atoms with Crippen molar-refractivity contribution in [3.63, 3.8) is 0 Å². The largest absolute Gasteiger partial charge is 0.0984 e. The van der Waals surface area contributed by atoms with Gasteiger partial charge in [-0.05, 0) is 50.8 Å². The minimum Gasteiger partial charge on any atom is -0.0984 e. The normalized spacial score (nSPS) is 11.1. The van der Waals surface area contributed by atoms with Crippen LogP contribution in [0.25, 0.3) is 22.9 Å². The summed E-state index contributed by atoms with van der Waals surface area (Å²) < 4.78 is 1.12. The molecule has 0 spiro atoms. The van der Waals surface area contributed by atoms with E-state index < -0.39 is 0 Å². The molecular weight excluding hydrogens is 260 g/mol. The summed E-state index contributed by atoms with van der Waals surface area (Å²) in [6, 6.07) is 10.5. The summed E-state index contributed by atoms with van der Waals surface area (Å²) in [6.45, 7) is 5.90. The lowest BCUT2D eigenvalue weighted by atomic mass is 10.0. The standard InChI is InChI=1S/C15H13Br/c1-3-7-11-10-12-8-5-6-9-14(12)15(16)13(11)4-2/h3-10H,2H2,1H3/b7-3-. The lowest BCUT2D eigenvalue weighted by molar-refractivity contribution is 1.61. The predicted octanol–water partition coefficient (Wildman–Crippen LogP) is 5.28. The lowest BCUT2D eigenvalue weighted by Gasteiger charge is -2.08. The molecule has 80 valence electrons. The van der Waals surface area contributed by atoms with Crippen molar-refractivity contribution >= 4 is 38.9 Å². The van der Waals surface area contributed by atoms with Gasteiger partial charge in [0.2, 0.25) is 0 Å². The fourth-order valence-corrected chi connectivity index (χ4v) is 2.62. The topological polar surface area (TPSA) is 0 Å². The summed E-state index contributed by atoms with van der Waals surface area (Å²) in [5, 5.41) is 2.47. The van der Waals surface area contributed by atoms with Crippen LogP contribution in [0.15, 0.2) is 47.5 Å². The highest BCUT2D eigenvalue weighted by Gasteiger charge is 2.06. The Kier molecular flexibility index (Phi) is 3.25. The van der Waals surface area contributed by atoms with Crippen LogP contribution >= 0.6 is 15.9 Å². The van der Waals surface area contributed by atoms with Crippen LogP contribution in [0.4, 0.5) is 0 Å². The van der Waals surface area contributed by atoms with E-state index in [2.05, 4.69) is 58.9 Å². The van der Waals surface area contributed by atoms with Crippen LogP contribution in [-0.4, -0.2) is 0 Å². The van der Waals surface area contributed by atoms with Crippen LogP contribution in [0, 0.1) is 0 Å². The maximum Gasteiger partial charge on any atom is 0.0331 e. The molecule has 0 aromatic heterocycles. The van der Waals surface area contributed by atoms with Crippen LogP contribution in [0.3, 0.4) is 0 Å². The third kappa shape index (κ3) is 1.83. The molecule has 0 amide bonds. The van der Waals surface area contributed by atoms with Crippen molar-refractivity contribution in [3.8, 4) is 0 Å². The second-order valence-corrected chi connectivity index (χ2v) is 4.41. The quantitative estimate of drug-likeness (QED) is 0.698. The first-order valence-corrected chi connectivity index (χ1v) is 6.03. The average Bonchev–Trinajstić information content (AvgIpc) is 2.30. The molecule has 0 aliphatic heterocycles. The summed E-state index contributed by atoms with van der Waals surface area (Å²) in [6.07, 6.45) is 6.05. The molecule has 2 aromatic rings. The van der Waals surface area contributed by atoms with Crippen LogP contribution in [0.1, 0.15) is 18.1 Å². The van der Waals surface area contributed by atoms with E-state index in [9.17, 15) is 0 Å². The Balaban J connectivity index is 2.86. The smallest absolute Gasteiger partial charge is 0.0331 e. The fourth-order valence-electron chi connectivity index (χ4n) is 1.86. The van der Waals surface area contributed by atoms with Crippen LogP contribution in [0.5, 0.6) is 0 Å². The van der Waals surface area contributed by atoms with E-state index in [1.807, 2.05) is 19.1 Å². The zero-order valence-electron chi connectivity index (χ0n) is 9.20. The van der Waals surface area contributed by atoms with Gasteiger partial charge in [-0.1, -0.05) is 49.1 Å². The number of hydrogen-bond acceptors (Lipinski definition) is 0. The van der Waals surface area contributed by atoms with E-state index in [1.54, 1.807) is 0 Å². The molecule has 0 nitrogen and oxygen atoms in total. The Hall–Kier alpha value is -1.34. The van der Waals surface area contributed by atoms with Crippen LogP contribution < -0.4 is 0 Å². The van der Waals surface area contributed by atoms with E-state index in [0.29, 0.717) is 0 Å². The summed E-state index contributed by atoms with van der Waals surface area (Å²) >= 11 is 3.66. The summed E-state index contributed by atoms with van der Waals surface area (Å²) in [5.74, 6) is 0. The van der Waals surface area contributed by atoms with Gasteiger partial charge in [-0.2, -0.15) is 0 Å². The molecule has 0 aliphatic rings. The molecule has 0 fully saturated rings. The van der Waals surface area contributed by atoms with Crippen molar-refractivity contribution in [2.24, 2.45) is 0 Å². The molecule has 0 heterocycles. The molecule has 0 bridgehead atoms. The molecule has 0 radical (unpaired) electrons. The van der Waals surface area contributed by atoms with Gasteiger partial charge in [0.1, 0.15) is 0 Å². The number of hydrogen-bond donors (Lipinski definition) is 0. The number of fused-ring (bicyclic) bond motifs is 1. The van der Waals surface area contributed by atoms with Crippen molar-refractivity contribution in [2.45, 2.75) is 6.92 Å². The van der Waals surface area contributed by atoms with Gasteiger partial charge in [0.25, 0.3) is 0 Å². The predicted molar refractivity (Wildman–Crippen MR) is 76.4 cm³/mol. The zero-order valence-corrected chi connectivity index (χ0v) is 10.8. The highest BCUT2D eigenvalue weighted by molar-refractivity contribution is 9.10. The Bertz CT molecular complexity index is 565. The van der Waals surface area contributed by atoms with Gasteiger partial charge < -0.3 is 0 Å². The van der Waals surface area contributed by atoms with Gasteiger partial charge in [0, 0.05) is 4.47 Å². The van der Waals surface area contributed by atoms with Crippen molar-refractivity contribution in [1.29, 1.82) is 0 Å². The summed E-state index contributed by atoms with van der Waals surface area (Å²) in [7, 11) is 0. The number of halogens is 1. The Morgan fingerprint density at radius 1 is 1.25 bits per heavy atom. The number of rotatable bonds is 2. The summed E-state index contributed by atoms with van der Waals surface area (Å²) in [5.41, 5.74) is 2.35. The minimum atomic E-state index is 1.12. The molecule has 2 aromatic carbocycles. The van der Waals surface area contributed by atoms with E-state index >= 15 is 0 Å². The van der Waals surface area contributed by atoms with E-state index in [4.69, 9.17) is 0 Å². The van der Waals surface area contributed by atoms with Gasteiger partial charge in [0.05, 0.1) is 0 Å². The van der Waals surface area contributed by atoms with E-state index in [0.717, 1.165) is 10.0 Å². The van der Waals surface area contributed by atoms with Crippen molar-refractivity contribution in [2.75, 3.05) is 0 Å². The molecule has 16 heavy (non-hydrogen) atoms. The first-order chi connectivity index (χ1) is 7.77. The van der Waals surface area contributed by atoms with E-state index in [1.165, 1.54) is 16.3 Å². The third-order valence-corrected chi connectivity index (χ3v) is 3.46. The molecule has 1 heteroatoms. The van der Waals surface area contributed by atoms with Crippen LogP contribution in [0.2, 0.25) is 0 Å². The Morgan fingerprint density at radius 3 is 2.69 bits per heavy atom. The maximum absolute atomic E-state index is 3.88. The van der Waals surface area contributed by atoms with Gasteiger partial charge in [-0.15, -0.1) is 0 Å². The highest BCUT2D eigenvalue weighted by atomic mass is 79.9. The average molecular weight is 273 g/mol. The molecule has 0 N–H and O–H groups in total. The Morgan fingerprint density at radius 2 is 2.00 bits per heavy atom. The Labute approximate surface area is 104 Å². The second-order valence-electron chi connectivity index (χ2n) is 3.62. The van der Waals surface area contributed by atoms with Gasteiger partial charge >= 0.3 is 0 Å². The minimum absolute atomic E-state index is 1.12. The monoisotopic (exact) mass is 272 g/mol. The van der Waals surface area contributed by atoms with Crippen molar-refractivity contribution in [3.05, 3.63) is 58.6 Å². The van der Waals surface area contributed by atoms with E-state index in [-0.39, 0.29) is 0 Å². The van der Waals surface area contributed by atoms with Gasteiger partial charge in [-0.25, -0.2) is 0 Å². The fraction of sp³-hybridized carbons (Fsp3) is 0.0667. The molecule has 0 unspecified atom stereocenters. The molecular formula is C15H13Br. The first-order valence-electron chi connectivity index (χ1n) is 5.24. The maximum atomic E-state index is 3.88. The van der Waals surface area contributed by atoms with Crippen molar-refractivity contribution in [1.82, 2.24) is 0 Å². The van der Waals surface area contributed by atoms with Gasteiger partial charge in [0.15, 0.2) is 0 Å². The molecule has 0 saturated carbocycles. The number of benzene rings is 2. The first kappa shape index (κ1) is 11.2. The number of allylic oxidation sites excluding steroid dienone is 1. The molecule has 2 rings (SSSR count). The van der Waals surface area contributed by atoms with Gasteiger partial charge in [-0.3, -0.25) is 0 Å². The molecule has 0 saturated heterocycles. The SMILES string of the molecule is C=Cc1c(/C=C\C)cc2ccccc2c1Br. The second kappa shape index (κ2) is 4.67. The lowest BCUT2D eigenvalue weighted by Crippen LogP contribution is -1.85. The molecule has 0 atom stereocenters. The van der Waals surface area contributed by atoms with Crippen molar-refractivity contribution < 1.29 is 0 Å². The third-order valence-electron chi connectivity index (χ3n) is 2.61. The zero-order chi connectivity index (χ0) is 11.5. The van der Waals surface area contributed by atoms with Crippen LogP contribution in [-0.2, 0) is 0 Å². The highest BCUT2D eigenvalue weighted by Crippen LogP contribution is 2.32. The summed E-state index contributed by atoms with van der Waals surface area (Å²) in [4.78, 5) is 0.